The van der Waals surface area contributed by atoms with Gasteiger partial charge in [-0.15, -0.1) is 0 Å². The first-order valence-corrected chi connectivity index (χ1v) is 13.1. The van der Waals surface area contributed by atoms with E-state index in [1.807, 2.05) is 6.20 Å². The monoisotopic (exact) mass is 477 g/mol. The predicted octanol–water partition coefficient (Wildman–Crippen LogP) is 4.41. The van der Waals surface area contributed by atoms with Crippen LogP contribution in [0.1, 0.15) is 43.1 Å². The summed E-state index contributed by atoms with van der Waals surface area (Å²) in [6.07, 6.45) is 14.9. The summed E-state index contributed by atoms with van der Waals surface area (Å²) in [6, 6.07) is 11.3. The molecule has 3 aromatic heterocycles. The van der Waals surface area contributed by atoms with Gasteiger partial charge < -0.3 is 11.1 Å². The summed E-state index contributed by atoms with van der Waals surface area (Å²) in [5, 5.41) is 4.58. The summed E-state index contributed by atoms with van der Waals surface area (Å²) in [7, 11) is 0. The van der Waals surface area contributed by atoms with Crippen molar-refractivity contribution in [2.24, 2.45) is 0 Å². The van der Waals surface area contributed by atoms with Gasteiger partial charge in [-0.05, 0) is 43.4 Å². The van der Waals surface area contributed by atoms with E-state index in [4.69, 9.17) is 15.7 Å². The van der Waals surface area contributed by atoms with Crippen molar-refractivity contribution in [2.45, 2.75) is 37.6 Å². The quantitative estimate of drug-likeness (QED) is 0.453. The van der Waals surface area contributed by atoms with Crippen LogP contribution in [0.5, 0.6) is 0 Å². The van der Waals surface area contributed by atoms with Gasteiger partial charge in [-0.2, -0.15) is 0 Å². The highest BCUT2D eigenvalue weighted by Crippen LogP contribution is 2.42. The topological polar surface area (TPSA) is 84.4 Å². The third-order valence-electron chi connectivity index (χ3n) is 8.01. The van der Waals surface area contributed by atoms with Crippen molar-refractivity contribution >= 4 is 27.8 Å². The molecule has 182 valence electrons. The number of hydrogen-bond acceptors (Lipinski definition) is 6. The maximum absolute atomic E-state index is 6.43. The molecule has 0 spiro atoms. The van der Waals surface area contributed by atoms with Crippen molar-refractivity contribution in [2.75, 3.05) is 31.9 Å². The summed E-state index contributed by atoms with van der Waals surface area (Å²) in [5.41, 5.74) is 12.4. The number of nitrogen functional groups attached to an aromatic ring is 1. The molecule has 1 saturated heterocycles. The second-order valence-electron chi connectivity index (χ2n) is 10.2. The first kappa shape index (κ1) is 21.7. The lowest BCUT2D eigenvalue weighted by atomic mass is 9.78. The number of fused-ring (bicyclic) bond motifs is 2. The Bertz CT molecular complexity index is 1500. The first-order valence-electron chi connectivity index (χ1n) is 13.1. The highest BCUT2D eigenvalue weighted by molar-refractivity contribution is 5.91. The van der Waals surface area contributed by atoms with Gasteiger partial charge in [0.25, 0.3) is 0 Å². The van der Waals surface area contributed by atoms with Crippen molar-refractivity contribution < 1.29 is 0 Å². The van der Waals surface area contributed by atoms with Crippen LogP contribution in [0.4, 0.5) is 5.82 Å². The lowest BCUT2D eigenvalue weighted by Gasteiger charge is -2.44. The van der Waals surface area contributed by atoms with Gasteiger partial charge >= 0.3 is 0 Å². The minimum atomic E-state index is 0.433. The molecule has 7 heteroatoms. The van der Waals surface area contributed by atoms with E-state index in [-0.39, 0.29) is 0 Å². The summed E-state index contributed by atoms with van der Waals surface area (Å²) >= 11 is 0. The maximum Gasteiger partial charge on any atom is 0.150 e. The predicted molar refractivity (Wildman–Crippen MR) is 145 cm³/mol. The molecule has 1 aliphatic heterocycles. The highest BCUT2D eigenvalue weighted by Gasteiger charge is 2.37. The number of pyridine rings is 1. The molecule has 7 nitrogen and oxygen atoms in total. The minimum Gasteiger partial charge on any atom is -0.382 e. The molecule has 0 atom stereocenters. The average Bonchev–Trinajstić information content (AvgIpc) is 3.29. The van der Waals surface area contributed by atoms with E-state index in [0.717, 1.165) is 91.1 Å². The number of piperazine rings is 1. The average molecular weight is 478 g/mol. The zero-order chi connectivity index (χ0) is 24.1. The maximum atomic E-state index is 6.43. The van der Waals surface area contributed by atoms with Gasteiger partial charge in [-0.1, -0.05) is 36.4 Å². The second kappa shape index (κ2) is 8.84. The van der Waals surface area contributed by atoms with E-state index in [9.17, 15) is 0 Å². The van der Waals surface area contributed by atoms with Crippen LogP contribution in [-0.4, -0.2) is 56.5 Å². The molecule has 0 unspecified atom stereocenters. The van der Waals surface area contributed by atoms with E-state index in [0.29, 0.717) is 17.8 Å². The number of nitrogens with zero attached hydrogens (tertiary/aromatic N) is 5. The van der Waals surface area contributed by atoms with E-state index < -0.39 is 0 Å². The molecular weight excluding hydrogens is 446 g/mol. The fourth-order valence-corrected chi connectivity index (χ4v) is 5.95. The zero-order valence-electron chi connectivity index (χ0n) is 20.4. The number of aromatic nitrogens is 4. The Labute approximate surface area is 210 Å². The van der Waals surface area contributed by atoms with E-state index in [1.165, 1.54) is 5.57 Å². The van der Waals surface area contributed by atoms with Gasteiger partial charge in [0, 0.05) is 61.5 Å². The number of nitrogens with two attached hydrogens (primary N) is 1. The van der Waals surface area contributed by atoms with Crippen LogP contribution in [0.2, 0.25) is 0 Å². The highest BCUT2D eigenvalue weighted by atomic mass is 15.2. The Hall–Kier alpha value is -3.55. The Balaban J connectivity index is 1.26. The zero-order valence-corrected chi connectivity index (χ0v) is 20.4. The van der Waals surface area contributed by atoms with Crippen molar-refractivity contribution in [3.63, 3.8) is 0 Å². The Morgan fingerprint density at radius 1 is 1.00 bits per heavy atom. The molecule has 0 bridgehead atoms. The normalized spacial score (nSPS) is 22.6. The number of benzene rings is 1. The van der Waals surface area contributed by atoms with Gasteiger partial charge in [0.05, 0.1) is 11.2 Å². The summed E-state index contributed by atoms with van der Waals surface area (Å²) in [4.78, 5) is 17.2. The summed E-state index contributed by atoms with van der Waals surface area (Å²) in [6.45, 7) is 4.46. The smallest absolute Gasteiger partial charge is 0.150 e. The van der Waals surface area contributed by atoms with Crippen molar-refractivity contribution in [1.82, 2.24) is 29.6 Å². The van der Waals surface area contributed by atoms with Crippen LogP contribution in [-0.2, 0) is 0 Å². The number of hydrogen-bond donors (Lipinski definition) is 2. The van der Waals surface area contributed by atoms with Crippen LogP contribution in [0, 0.1) is 0 Å². The van der Waals surface area contributed by atoms with Gasteiger partial charge in [0.1, 0.15) is 22.9 Å². The van der Waals surface area contributed by atoms with Crippen LogP contribution < -0.4 is 11.1 Å². The molecule has 1 saturated carbocycles. The van der Waals surface area contributed by atoms with E-state index in [1.54, 1.807) is 6.20 Å². The molecule has 2 fully saturated rings. The van der Waals surface area contributed by atoms with Crippen molar-refractivity contribution in [3.8, 4) is 11.3 Å². The van der Waals surface area contributed by atoms with Gasteiger partial charge in [0.2, 0.25) is 0 Å². The number of allylic oxidation sites excluding steroid dienone is 4. The fourth-order valence-electron chi connectivity index (χ4n) is 5.95. The molecule has 3 aliphatic rings. The van der Waals surface area contributed by atoms with Crippen LogP contribution in [0.25, 0.3) is 33.3 Å². The molecule has 4 aromatic rings. The van der Waals surface area contributed by atoms with Crippen LogP contribution in [0.3, 0.4) is 0 Å². The Morgan fingerprint density at radius 3 is 2.69 bits per heavy atom. The summed E-state index contributed by atoms with van der Waals surface area (Å²) < 4.78 is 2.17. The molecular formula is C29H31N7. The van der Waals surface area contributed by atoms with E-state index in [2.05, 4.69) is 68.2 Å². The summed E-state index contributed by atoms with van der Waals surface area (Å²) in [5.74, 6) is 2.05. The SMILES string of the molecule is Nc1nccn2c(C3CC(N4CCNCC4)C3)nc(-c3ccc4ccc(C5=CCCC=C5)nc4c3)c12. The number of rotatable bonds is 4. The van der Waals surface area contributed by atoms with Crippen molar-refractivity contribution in [1.29, 1.82) is 0 Å². The van der Waals surface area contributed by atoms with Gasteiger partial charge in [-0.3, -0.25) is 9.30 Å². The lowest BCUT2D eigenvalue weighted by Crippen LogP contribution is -2.52. The Kier molecular flexibility index (Phi) is 5.33. The third-order valence-corrected chi connectivity index (χ3v) is 8.01. The van der Waals surface area contributed by atoms with Gasteiger partial charge in [-0.25, -0.2) is 15.0 Å². The van der Waals surface area contributed by atoms with Crippen molar-refractivity contribution in [3.05, 3.63) is 72.5 Å². The molecule has 3 N–H and O–H groups in total. The molecule has 4 heterocycles. The first-order chi connectivity index (χ1) is 17.7. The second-order valence-corrected chi connectivity index (χ2v) is 10.2. The Morgan fingerprint density at radius 2 is 1.86 bits per heavy atom. The number of nitrogens with one attached hydrogen (secondary N) is 1. The standard InChI is InChI=1S/C29H31N7/c30-28-27-26(21-7-6-20-8-9-24(33-25(20)18-21)19-4-2-1-3-5-19)34-29(36(27)15-12-32-28)22-16-23(17-22)35-13-10-31-11-14-35/h2,4-9,12,15,18,22-23,31H,1,3,10-11,13-14,16-17H2,(H2,30,32). The molecule has 0 radical (unpaired) electrons. The molecule has 2 aliphatic carbocycles. The van der Waals surface area contributed by atoms with E-state index >= 15 is 0 Å². The fraction of sp³-hybridized carbons (Fsp3) is 0.345. The third kappa shape index (κ3) is 3.70. The van der Waals surface area contributed by atoms with Crippen LogP contribution in [0.15, 0.2) is 61.0 Å². The molecule has 1 aromatic carbocycles. The number of anilines is 1. The number of imidazole rings is 1. The lowest BCUT2D eigenvalue weighted by molar-refractivity contribution is 0.0928. The largest absolute Gasteiger partial charge is 0.382 e. The minimum absolute atomic E-state index is 0.433. The molecule has 36 heavy (non-hydrogen) atoms. The van der Waals surface area contributed by atoms with Crippen LogP contribution >= 0.6 is 0 Å². The molecule has 7 rings (SSSR count). The molecule has 0 amide bonds. The van der Waals surface area contributed by atoms with Gasteiger partial charge in [0.15, 0.2) is 0 Å².